The summed E-state index contributed by atoms with van der Waals surface area (Å²) in [5.74, 6) is -3.15. The molecule has 3 rings (SSSR count). The number of ether oxygens (including phenoxy) is 1. The summed E-state index contributed by atoms with van der Waals surface area (Å²) in [5, 5.41) is 3.02. The van der Waals surface area contributed by atoms with Crippen LogP contribution in [0.3, 0.4) is 0 Å². The average Bonchev–Trinajstić information content (AvgIpc) is 3.12. The van der Waals surface area contributed by atoms with Crippen LogP contribution in [0.25, 0.3) is 10.2 Å². The van der Waals surface area contributed by atoms with E-state index < -0.39 is 38.7 Å². The molecule has 0 radical (unpaired) electrons. The van der Waals surface area contributed by atoms with Crippen molar-refractivity contribution in [1.82, 2.24) is 10.3 Å². The number of nitrogens with zero attached hydrogens (tertiary/aromatic N) is 1. The molecule has 0 aliphatic carbocycles. The summed E-state index contributed by atoms with van der Waals surface area (Å²) in [5.41, 5.74) is -3.85. The number of sulfone groups is 1. The molecule has 1 unspecified atom stereocenters. The fourth-order valence-corrected chi connectivity index (χ4v) is 4.68. The highest BCUT2D eigenvalue weighted by Crippen LogP contribution is 2.36. The molecular weight excluding hydrogens is 507 g/mol. The lowest BCUT2D eigenvalue weighted by molar-refractivity contribution is -0.203. The Morgan fingerprint density at radius 2 is 1.82 bits per heavy atom. The highest BCUT2D eigenvalue weighted by molar-refractivity contribution is 7.90. The Kier molecular flexibility index (Phi) is 6.60. The molecule has 3 aromatic rings. The van der Waals surface area contributed by atoms with Crippen molar-refractivity contribution < 1.29 is 35.9 Å². The van der Waals surface area contributed by atoms with Crippen molar-refractivity contribution in [2.24, 2.45) is 0 Å². The number of carbonyl (C=O) groups is 2. The Bertz CT molecular complexity index is 1340. The highest BCUT2D eigenvalue weighted by atomic mass is 35.5. The van der Waals surface area contributed by atoms with Gasteiger partial charge in [0.25, 0.3) is 5.91 Å². The molecule has 1 amide bonds. The average molecular weight is 522 g/mol. The van der Waals surface area contributed by atoms with Gasteiger partial charge in [-0.2, -0.15) is 13.2 Å². The SMILES string of the molecule is COC(=O)C(NC(=O)c1ccccc1Cl)(Nc1nc2ccc(S(C)(=O)=O)cc2s1)C(F)(F)F. The molecule has 0 spiro atoms. The van der Waals surface area contributed by atoms with Crippen molar-refractivity contribution >= 4 is 60.0 Å². The number of methoxy groups -OCH3 is 1. The molecule has 0 aliphatic heterocycles. The van der Waals surface area contributed by atoms with Crippen LogP contribution in [0.2, 0.25) is 5.02 Å². The molecule has 1 aromatic heterocycles. The first kappa shape index (κ1) is 24.7. The van der Waals surface area contributed by atoms with E-state index in [1.54, 1.807) is 5.32 Å². The van der Waals surface area contributed by atoms with Gasteiger partial charge in [-0.25, -0.2) is 18.2 Å². The lowest BCUT2D eigenvalue weighted by atomic mass is 10.1. The largest absolute Gasteiger partial charge is 0.466 e. The van der Waals surface area contributed by atoms with Gasteiger partial charge in [0, 0.05) is 6.26 Å². The first-order chi connectivity index (χ1) is 15.3. The fourth-order valence-electron chi connectivity index (χ4n) is 2.78. The molecule has 1 atom stereocenters. The van der Waals surface area contributed by atoms with Crippen LogP contribution in [0.1, 0.15) is 10.4 Å². The number of hydrogen-bond acceptors (Lipinski definition) is 8. The van der Waals surface area contributed by atoms with Gasteiger partial charge in [0.2, 0.25) is 0 Å². The third-order valence-electron chi connectivity index (χ3n) is 4.42. The lowest BCUT2D eigenvalue weighted by Crippen LogP contribution is -2.69. The van der Waals surface area contributed by atoms with Crippen molar-refractivity contribution in [2.75, 3.05) is 18.7 Å². The zero-order chi connectivity index (χ0) is 24.6. The summed E-state index contributed by atoms with van der Waals surface area (Å²) >= 11 is 6.56. The molecule has 176 valence electrons. The second-order valence-electron chi connectivity index (χ2n) is 6.72. The third kappa shape index (κ3) is 4.89. The molecule has 2 N–H and O–H groups in total. The van der Waals surface area contributed by atoms with Gasteiger partial charge >= 0.3 is 17.8 Å². The number of esters is 1. The molecule has 0 saturated heterocycles. The van der Waals surface area contributed by atoms with Gasteiger partial charge in [0.15, 0.2) is 15.0 Å². The second kappa shape index (κ2) is 8.80. The van der Waals surface area contributed by atoms with Gasteiger partial charge in [-0.1, -0.05) is 35.1 Å². The van der Waals surface area contributed by atoms with Crippen LogP contribution < -0.4 is 10.6 Å². The standard InChI is InChI=1S/C19H15ClF3N3O5S2/c1-31-16(28)18(19(21,22)23,25-15(27)11-5-3-4-6-12(11)20)26-17-24-13-8-7-10(33(2,29)30)9-14(13)32-17/h3-9H,1-2H3,(H,24,26)(H,25,27). The third-order valence-corrected chi connectivity index (χ3v) is 6.79. The van der Waals surface area contributed by atoms with E-state index in [0.29, 0.717) is 11.3 Å². The van der Waals surface area contributed by atoms with Gasteiger partial charge in [-0.15, -0.1) is 0 Å². The Morgan fingerprint density at radius 1 is 1.15 bits per heavy atom. The summed E-state index contributed by atoms with van der Waals surface area (Å²) in [7, 11) is -2.85. The molecule has 14 heteroatoms. The number of anilines is 1. The summed E-state index contributed by atoms with van der Waals surface area (Å²) in [6, 6.07) is 9.13. The number of halogens is 4. The van der Waals surface area contributed by atoms with Crippen LogP contribution in [0.4, 0.5) is 18.3 Å². The fraction of sp³-hybridized carbons (Fsp3) is 0.211. The van der Waals surface area contributed by atoms with E-state index in [1.165, 1.54) is 42.5 Å². The first-order valence-electron chi connectivity index (χ1n) is 8.89. The Morgan fingerprint density at radius 3 is 2.39 bits per heavy atom. The molecule has 33 heavy (non-hydrogen) atoms. The van der Waals surface area contributed by atoms with E-state index in [-0.39, 0.29) is 25.7 Å². The maximum Gasteiger partial charge on any atom is 0.442 e. The number of hydrogen-bond donors (Lipinski definition) is 2. The van der Waals surface area contributed by atoms with Gasteiger partial charge in [-0.05, 0) is 30.3 Å². The van der Waals surface area contributed by atoms with E-state index in [0.717, 1.165) is 13.4 Å². The second-order valence-corrected chi connectivity index (χ2v) is 10.2. The molecule has 0 aliphatic rings. The van der Waals surface area contributed by atoms with Crippen molar-refractivity contribution in [3.63, 3.8) is 0 Å². The van der Waals surface area contributed by atoms with Gasteiger partial charge in [0.1, 0.15) is 0 Å². The maximum atomic E-state index is 14.2. The van der Waals surface area contributed by atoms with E-state index in [1.807, 2.05) is 5.32 Å². The Balaban J connectivity index is 2.09. The predicted octanol–water partition coefficient (Wildman–Crippen LogP) is 3.63. The quantitative estimate of drug-likeness (QED) is 0.376. The summed E-state index contributed by atoms with van der Waals surface area (Å²) in [4.78, 5) is 28.9. The van der Waals surface area contributed by atoms with Crippen LogP contribution in [0, 0.1) is 0 Å². The summed E-state index contributed by atoms with van der Waals surface area (Å²) < 4.78 is 70.8. The van der Waals surface area contributed by atoms with Gasteiger partial charge in [-0.3, -0.25) is 4.79 Å². The number of thiazole rings is 1. The molecule has 0 saturated carbocycles. The normalized spacial score (nSPS) is 13.9. The lowest BCUT2D eigenvalue weighted by Gasteiger charge is -2.34. The van der Waals surface area contributed by atoms with Crippen molar-refractivity contribution in [1.29, 1.82) is 0 Å². The number of rotatable bonds is 6. The number of carbonyl (C=O) groups excluding carboxylic acids is 2. The van der Waals surface area contributed by atoms with E-state index in [4.69, 9.17) is 11.6 Å². The molecule has 1 heterocycles. The number of amides is 1. The summed E-state index contributed by atoms with van der Waals surface area (Å²) in [6.07, 6.45) is -4.41. The molecule has 2 aromatic carbocycles. The molecule has 0 bridgehead atoms. The van der Waals surface area contributed by atoms with E-state index in [9.17, 15) is 31.2 Å². The molecule has 0 fully saturated rings. The van der Waals surface area contributed by atoms with Crippen LogP contribution >= 0.6 is 22.9 Å². The zero-order valence-electron chi connectivity index (χ0n) is 16.9. The zero-order valence-corrected chi connectivity index (χ0v) is 19.2. The van der Waals surface area contributed by atoms with Crippen molar-refractivity contribution in [3.05, 3.63) is 53.1 Å². The number of nitrogens with one attached hydrogen (secondary N) is 2. The smallest absolute Gasteiger partial charge is 0.442 e. The minimum absolute atomic E-state index is 0.0627. The van der Waals surface area contributed by atoms with Crippen LogP contribution in [0.5, 0.6) is 0 Å². The van der Waals surface area contributed by atoms with E-state index in [2.05, 4.69) is 9.72 Å². The van der Waals surface area contributed by atoms with E-state index >= 15 is 0 Å². The molecular formula is C19H15ClF3N3O5S2. The highest BCUT2D eigenvalue weighted by Gasteiger charge is 2.64. The monoisotopic (exact) mass is 521 g/mol. The summed E-state index contributed by atoms with van der Waals surface area (Å²) in [6.45, 7) is 0. The predicted molar refractivity (Wildman–Crippen MR) is 116 cm³/mol. The van der Waals surface area contributed by atoms with Crippen LogP contribution in [-0.4, -0.2) is 50.5 Å². The minimum Gasteiger partial charge on any atom is -0.466 e. The first-order valence-corrected chi connectivity index (χ1v) is 12.0. The van der Waals surface area contributed by atoms with Crippen molar-refractivity contribution in [3.8, 4) is 0 Å². The van der Waals surface area contributed by atoms with Gasteiger partial charge < -0.3 is 15.4 Å². The molecule has 8 nitrogen and oxygen atoms in total. The number of fused-ring (bicyclic) bond motifs is 1. The Hall–Kier alpha value is -2.90. The number of aromatic nitrogens is 1. The Labute approximate surface area is 194 Å². The number of alkyl halides is 3. The van der Waals surface area contributed by atoms with Gasteiger partial charge in [0.05, 0.1) is 32.8 Å². The maximum absolute atomic E-state index is 14.2. The number of benzene rings is 2. The topological polar surface area (TPSA) is 114 Å². The van der Waals surface area contributed by atoms with Crippen LogP contribution in [-0.2, 0) is 19.4 Å². The van der Waals surface area contributed by atoms with Crippen LogP contribution in [0.15, 0.2) is 47.4 Å². The minimum atomic E-state index is -5.38. The van der Waals surface area contributed by atoms with Crippen molar-refractivity contribution in [2.45, 2.75) is 16.7 Å².